The molecule has 0 aromatic carbocycles. The van der Waals surface area contributed by atoms with Crippen LogP contribution in [0.1, 0.15) is 29.8 Å². The van der Waals surface area contributed by atoms with Crippen molar-refractivity contribution in [2.75, 3.05) is 7.05 Å². The molecule has 3 nitrogen and oxygen atoms in total. The molecule has 17 heavy (non-hydrogen) atoms. The van der Waals surface area contributed by atoms with E-state index in [-0.39, 0.29) is 6.04 Å². The van der Waals surface area contributed by atoms with Crippen LogP contribution in [0.5, 0.6) is 0 Å². The number of nitrogens with zero attached hydrogens (tertiary/aromatic N) is 2. The number of hydrogen-bond acceptors (Lipinski definition) is 3. The average molecular weight is 270 g/mol. The number of rotatable bonds is 5. The van der Waals surface area contributed by atoms with E-state index in [1.807, 2.05) is 29.4 Å². The summed E-state index contributed by atoms with van der Waals surface area (Å²) < 4.78 is 1.97. The molecule has 2 rings (SSSR count). The van der Waals surface area contributed by atoms with E-state index in [1.54, 1.807) is 11.3 Å². The largest absolute Gasteiger partial charge is 0.309 e. The van der Waals surface area contributed by atoms with Crippen molar-refractivity contribution in [3.63, 3.8) is 0 Å². The van der Waals surface area contributed by atoms with E-state index >= 15 is 0 Å². The molecular formula is C12H16ClN3S. The SMILES string of the molecule is CCCn1cc(C(NC)c2sccc2Cl)cn1. The van der Waals surface area contributed by atoms with E-state index in [9.17, 15) is 0 Å². The predicted octanol–water partition coefficient (Wildman–Crippen LogP) is 3.32. The monoisotopic (exact) mass is 269 g/mol. The number of thiophene rings is 1. The van der Waals surface area contributed by atoms with Gasteiger partial charge in [-0.2, -0.15) is 5.10 Å². The van der Waals surface area contributed by atoms with Crippen molar-refractivity contribution in [3.8, 4) is 0 Å². The Labute approximate surface area is 110 Å². The molecule has 0 aliphatic rings. The van der Waals surface area contributed by atoms with Gasteiger partial charge in [-0.3, -0.25) is 4.68 Å². The normalized spacial score (nSPS) is 12.9. The van der Waals surface area contributed by atoms with Crippen LogP contribution in [-0.4, -0.2) is 16.8 Å². The minimum Gasteiger partial charge on any atom is -0.309 e. The van der Waals surface area contributed by atoms with Crippen LogP contribution in [0.3, 0.4) is 0 Å². The van der Waals surface area contributed by atoms with E-state index in [2.05, 4.69) is 23.5 Å². The second kappa shape index (κ2) is 5.67. The molecule has 0 amide bonds. The highest BCUT2D eigenvalue weighted by Gasteiger charge is 2.17. The van der Waals surface area contributed by atoms with Gasteiger partial charge >= 0.3 is 0 Å². The van der Waals surface area contributed by atoms with E-state index in [1.165, 1.54) is 0 Å². The quantitative estimate of drug-likeness (QED) is 0.902. The number of nitrogens with one attached hydrogen (secondary N) is 1. The summed E-state index contributed by atoms with van der Waals surface area (Å²) in [5, 5.41) is 10.5. The topological polar surface area (TPSA) is 29.9 Å². The van der Waals surface area contributed by atoms with Gasteiger partial charge in [0.2, 0.25) is 0 Å². The zero-order valence-electron chi connectivity index (χ0n) is 9.98. The van der Waals surface area contributed by atoms with Gasteiger partial charge in [-0.05, 0) is 24.9 Å². The molecule has 2 aromatic rings. The summed E-state index contributed by atoms with van der Waals surface area (Å²) in [6, 6.07) is 2.07. The van der Waals surface area contributed by atoms with Crippen LogP contribution in [0.2, 0.25) is 5.02 Å². The first-order chi connectivity index (χ1) is 8.26. The van der Waals surface area contributed by atoms with Gasteiger partial charge in [-0.1, -0.05) is 18.5 Å². The lowest BCUT2D eigenvalue weighted by Gasteiger charge is -2.13. The number of aryl methyl sites for hydroxylation is 1. The van der Waals surface area contributed by atoms with Crippen molar-refractivity contribution in [3.05, 3.63) is 39.3 Å². The molecule has 92 valence electrons. The third kappa shape index (κ3) is 2.70. The number of aromatic nitrogens is 2. The minimum absolute atomic E-state index is 0.133. The lowest BCUT2D eigenvalue weighted by atomic mass is 10.1. The van der Waals surface area contributed by atoms with Crippen LogP contribution in [-0.2, 0) is 6.54 Å². The molecular weight excluding hydrogens is 254 g/mol. The van der Waals surface area contributed by atoms with Crippen molar-refractivity contribution < 1.29 is 0 Å². The van der Waals surface area contributed by atoms with Gasteiger partial charge in [-0.15, -0.1) is 11.3 Å². The molecule has 0 saturated heterocycles. The molecule has 0 fully saturated rings. The lowest BCUT2D eigenvalue weighted by molar-refractivity contribution is 0.600. The maximum atomic E-state index is 6.17. The highest BCUT2D eigenvalue weighted by molar-refractivity contribution is 7.10. The minimum atomic E-state index is 0.133. The molecule has 5 heteroatoms. The van der Waals surface area contributed by atoms with Gasteiger partial charge in [0.25, 0.3) is 0 Å². The molecule has 0 aliphatic heterocycles. The fraction of sp³-hybridized carbons (Fsp3) is 0.417. The first-order valence-corrected chi connectivity index (χ1v) is 6.94. The van der Waals surface area contributed by atoms with Crippen LogP contribution >= 0.6 is 22.9 Å². The van der Waals surface area contributed by atoms with Crippen molar-refractivity contribution in [2.45, 2.75) is 25.9 Å². The maximum Gasteiger partial charge on any atom is 0.0714 e. The van der Waals surface area contributed by atoms with Crippen LogP contribution in [0.4, 0.5) is 0 Å². The zero-order valence-corrected chi connectivity index (χ0v) is 11.6. The van der Waals surface area contributed by atoms with E-state index in [4.69, 9.17) is 11.6 Å². The number of halogens is 1. The highest BCUT2D eigenvalue weighted by atomic mass is 35.5. The highest BCUT2D eigenvalue weighted by Crippen LogP contribution is 2.32. The summed E-state index contributed by atoms with van der Waals surface area (Å²) in [4.78, 5) is 1.14. The summed E-state index contributed by atoms with van der Waals surface area (Å²) in [5.74, 6) is 0. The fourth-order valence-corrected chi connectivity index (χ4v) is 3.14. The Morgan fingerprint density at radius 1 is 1.59 bits per heavy atom. The zero-order chi connectivity index (χ0) is 12.3. The average Bonchev–Trinajstić information content (AvgIpc) is 2.92. The van der Waals surface area contributed by atoms with Crippen molar-refractivity contribution >= 4 is 22.9 Å². The summed E-state index contributed by atoms with van der Waals surface area (Å²) in [6.07, 6.45) is 5.08. The van der Waals surface area contributed by atoms with Crippen LogP contribution in [0.15, 0.2) is 23.8 Å². The summed E-state index contributed by atoms with van der Waals surface area (Å²) >= 11 is 7.84. The summed E-state index contributed by atoms with van der Waals surface area (Å²) in [6.45, 7) is 3.10. The van der Waals surface area contributed by atoms with Gasteiger partial charge in [0, 0.05) is 23.2 Å². The molecule has 1 atom stereocenters. The molecule has 0 aliphatic carbocycles. The Morgan fingerprint density at radius 3 is 3.00 bits per heavy atom. The molecule has 2 aromatic heterocycles. The van der Waals surface area contributed by atoms with E-state index < -0.39 is 0 Å². The van der Waals surface area contributed by atoms with Crippen LogP contribution in [0.25, 0.3) is 0 Å². The first kappa shape index (κ1) is 12.6. The maximum absolute atomic E-state index is 6.17. The molecule has 0 bridgehead atoms. The lowest BCUT2D eigenvalue weighted by Crippen LogP contribution is -2.16. The predicted molar refractivity (Wildman–Crippen MR) is 72.7 cm³/mol. The van der Waals surface area contributed by atoms with Crippen LogP contribution < -0.4 is 5.32 Å². The Bertz CT molecular complexity index is 478. The third-order valence-electron chi connectivity index (χ3n) is 2.63. The van der Waals surface area contributed by atoms with Gasteiger partial charge in [0.05, 0.1) is 17.3 Å². The summed E-state index contributed by atoms with van der Waals surface area (Å²) in [7, 11) is 1.94. The third-order valence-corrected chi connectivity index (χ3v) is 4.06. The Kier molecular flexibility index (Phi) is 4.20. The van der Waals surface area contributed by atoms with Crippen molar-refractivity contribution in [1.82, 2.24) is 15.1 Å². The first-order valence-electron chi connectivity index (χ1n) is 5.68. The Balaban J connectivity index is 2.26. The van der Waals surface area contributed by atoms with Gasteiger partial charge in [-0.25, -0.2) is 0 Å². The van der Waals surface area contributed by atoms with E-state index in [0.717, 1.165) is 28.4 Å². The van der Waals surface area contributed by atoms with Gasteiger partial charge in [0.1, 0.15) is 0 Å². The van der Waals surface area contributed by atoms with Gasteiger partial charge in [0.15, 0.2) is 0 Å². The molecule has 0 spiro atoms. The Hall–Kier alpha value is -0.840. The van der Waals surface area contributed by atoms with Crippen molar-refractivity contribution in [1.29, 1.82) is 0 Å². The smallest absolute Gasteiger partial charge is 0.0714 e. The Morgan fingerprint density at radius 2 is 2.41 bits per heavy atom. The van der Waals surface area contributed by atoms with E-state index in [0.29, 0.717) is 0 Å². The second-order valence-electron chi connectivity index (χ2n) is 3.89. The number of hydrogen-bond donors (Lipinski definition) is 1. The van der Waals surface area contributed by atoms with Crippen molar-refractivity contribution in [2.24, 2.45) is 0 Å². The van der Waals surface area contributed by atoms with Crippen LogP contribution in [0, 0.1) is 0 Å². The standard InChI is InChI=1S/C12H16ClN3S/c1-3-5-16-8-9(7-15-16)11(14-2)12-10(13)4-6-17-12/h4,6-8,11,14H,3,5H2,1-2H3. The fourth-order valence-electron chi connectivity index (χ4n) is 1.84. The molecule has 0 saturated carbocycles. The molecule has 1 unspecified atom stereocenters. The second-order valence-corrected chi connectivity index (χ2v) is 5.25. The molecule has 0 radical (unpaired) electrons. The molecule has 1 N–H and O–H groups in total. The van der Waals surface area contributed by atoms with Gasteiger partial charge < -0.3 is 5.32 Å². The summed E-state index contributed by atoms with van der Waals surface area (Å²) in [5.41, 5.74) is 1.16. The molecule has 2 heterocycles.